The van der Waals surface area contributed by atoms with E-state index in [0.29, 0.717) is 11.3 Å². The highest BCUT2D eigenvalue weighted by molar-refractivity contribution is 5.98. The zero-order valence-electron chi connectivity index (χ0n) is 14.6. The number of hydrogen-bond acceptors (Lipinski definition) is 2. The molecule has 1 amide bonds. The van der Waals surface area contributed by atoms with Crippen molar-refractivity contribution >= 4 is 16.8 Å². The fraction of sp³-hybridized carbons (Fsp3) is 0.250. The van der Waals surface area contributed by atoms with Crippen molar-refractivity contribution in [1.82, 2.24) is 10.3 Å². The van der Waals surface area contributed by atoms with Crippen LogP contribution in [0, 0.1) is 6.92 Å². The van der Waals surface area contributed by atoms with Gasteiger partial charge < -0.3 is 15.4 Å². The number of nitrogens with one attached hydrogen (secondary N) is 2. The van der Waals surface area contributed by atoms with Crippen molar-refractivity contribution in [3.05, 3.63) is 70.9 Å². The summed E-state index contributed by atoms with van der Waals surface area (Å²) in [6.45, 7) is 1.66. The van der Waals surface area contributed by atoms with Gasteiger partial charge in [-0.3, -0.25) is 4.79 Å². The highest BCUT2D eigenvalue weighted by atomic mass is 19.4. The summed E-state index contributed by atoms with van der Waals surface area (Å²) in [6.07, 6.45) is -4.37. The summed E-state index contributed by atoms with van der Waals surface area (Å²) >= 11 is 0. The molecule has 0 spiro atoms. The molecule has 1 unspecified atom stereocenters. The first-order valence-electron chi connectivity index (χ1n) is 8.46. The number of halogens is 3. The first kappa shape index (κ1) is 19.0. The van der Waals surface area contributed by atoms with Crippen molar-refractivity contribution in [3.63, 3.8) is 0 Å². The molecule has 1 aromatic heterocycles. The Balaban J connectivity index is 1.86. The molecule has 0 fully saturated rings. The average Bonchev–Trinajstić information content (AvgIpc) is 3.04. The lowest BCUT2D eigenvalue weighted by atomic mass is 10.0. The van der Waals surface area contributed by atoms with E-state index in [9.17, 15) is 23.1 Å². The van der Waals surface area contributed by atoms with Crippen molar-refractivity contribution in [2.75, 3.05) is 6.61 Å². The van der Waals surface area contributed by atoms with E-state index in [1.165, 1.54) is 12.1 Å². The number of aryl methyl sites for hydroxylation is 1. The summed E-state index contributed by atoms with van der Waals surface area (Å²) in [5.74, 6) is -0.445. The van der Waals surface area contributed by atoms with E-state index >= 15 is 0 Å². The molecule has 1 heterocycles. The molecule has 0 radical (unpaired) electrons. The Morgan fingerprint density at radius 1 is 1.19 bits per heavy atom. The maximum Gasteiger partial charge on any atom is 0.416 e. The Kier molecular flexibility index (Phi) is 5.23. The molecule has 27 heavy (non-hydrogen) atoms. The molecule has 3 aromatic rings. The van der Waals surface area contributed by atoms with Crippen molar-refractivity contribution in [1.29, 1.82) is 0 Å². The van der Waals surface area contributed by atoms with Gasteiger partial charge in [0.05, 0.1) is 11.6 Å². The summed E-state index contributed by atoms with van der Waals surface area (Å²) in [6, 6.07) is 11.4. The van der Waals surface area contributed by atoms with Crippen molar-refractivity contribution in [2.24, 2.45) is 0 Å². The van der Waals surface area contributed by atoms with Crippen LogP contribution in [-0.2, 0) is 6.18 Å². The number of aliphatic hydroxyl groups is 1. The summed E-state index contributed by atoms with van der Waals surface area (Å²) < 4.78 is 38.9. The van der Waals surface area contributed by atoms with Gasteiger partial charge in [0, 0.05) is 17.5 Å². The molecule has 0 bridgehead atoms. The number of carbonyl (C=O) groups is 1. The highest BCUT2D eigenvalue weighted by Crippen LogP contribution is 2.31. The lowest BCUT2D eigenvalue weighted by molar-refractivity contribution is -0.137. The number of fused-ring (bicyclic) bond motifs is 1. The van der Waals surface area contributed by atoms with Crippen LogP contribution in [-0.4, -0.2) is 22.6 Å². The van der Waals surface area contributed by atoms with E-state index in [1.807, 2.05) is 25.1 Å². The monoisotopic (exact) mass is 376 g/mol. The summed E-state index contributed by atoms with van der Waals surface area (Å²) in [5.41, 5.74) is 1.65. The van der Waals surface area contributed by atoms with Gasteiger partial charge in [0.15, 0.2) is 0 Å². The Morgan fingerprint density at radius 3 is 2.67 bits per heavy atom. The lowest BCUT2D eigenvalue weighted by Crippen LogP contribution is -2.29. The van der Waals surface area contributed by atoms with Gasteiger partial charge in [-0.15, -0.1) is 0 Å². The fourth-order valence-electron chi connectivity index (χ4n) is 2.98. The maximum atomic E-state index is 13.0. The van der Waals surface area contributed by atoms with Crippen LogP contribution in [0.5, 0.6) is 0 Å². The number of carbonyl (C=O) groups excluding carboxylic acids is 1. The lowest BCUT2D eigenvalue weighted by Gasteiger charge is -2.19. The topological polar surface area (TPSA) is 65.1 Å². The number of amides is 1. The second-order valence-corrected chi connectivity index (χ2v) is 6.44. The largest absolute Gasteiger partial charge is 0.416 e. The normalized spacial score (nSPS) is 12.9. The molecule has 2 aromatic carbocycles. The van der Waals surface area contributed by atoms with Crippen LogP contribution >= 0.6 is 0 Å². The molecule has 1 atom stereocenters. The number of H-pyrrole nitrogens is 1. The van der Waals surface area contributed by atoms with Crippen LogP contribution in [0.2, 0.25) is 0 Å². The quantitative estimate of drug-likeness (QED) is 0.620. The van der Waals surface area contributed by atoms with Gasteiger partial charge in [0.1, 0.15) is 5.69 Å². The number of aromatic nitrogens is 1. The van der Waals surface area contributed by atoms with Crippen LogP contribution in [0.4, 0.5) is 13.2 Å². The molecule has 0 saturated heterocycles. The zero-order chi connectivity index (χ0) is 19.6. The predicted octanol–water partition coefficient (Wildman–Crippen LogP) is 4.35. The van der Waals surface area contributed by atoms with Crippen molar-refractivity contribution in [2.45, 2.75) is 25.6 Å². The standard InChI is InChI=1S/C20H19F3N2O2/c1-12-5-6-14-11-18(24-17(14)9-12)19(27)25-16(7-8-26)13-3-2-4-15(10-13)20(21,22)23/h2-6,9-11,16,24,26H,7-8H2,1H3,(H,25,27). The molecule has 0 aliphatic heterocycles. The second-order valence-electron chi connectivity index (χ2n) is 6.44. The van der Waals surface area contributed by atoms with E-state index in [1.54, 1.807) is 6.07 Å². The Bertz CT molecular complexity index is 963. The van der Waals surface area contributed by atoms with E-state index in [-0.39, 0.29) is 13.0 Å². The minimum Gasteiger partial charge on any atom is -0.396 e. The molecule has 142 valence electrons. The number of alkyl halides is 3. The Labute approximate surface area is 154 Å². The number of hydrogen-bond donors (Lipinski definition) is 3. The SMILES string of the molecule is Cc1ccc2cc(C(=O)NC(CCO)c3cccc(C(F)(F)F)c3)[nH]c2c1. The van der Waals surface area contributed by atoms with E-state index < -0.39 is 23.7 Å². The molecule has 3 rings (SSSR count). The molecule has 3 N–H and O–H groups in total. The highest BCUT2D eigenvalue weighted by Gasteiger charge is 2.31. The first-order valence-corrected chi connectivity index (χ1v) is 8.46. The maximum absolute atomic E-state index is 13.0. The minimum absolute atomic E-state index is 0.104. The number of benzene rings is 2. The Morgan fingerprint density at radius 2 is 1.96 bits per heavy atom. The third-order valence-electron chi connectivity index (χ3n) is 4.36. The van der Waals surface area contributed by atoms with Crippen LogP contribution in [0.3, 0.4) is 0 Å². The van der Waals surface area contributed by atoms with E-state index in [0.717, 1.165) is 28.6 Å². The van der Waals surface area contributed by atoms with Crippen LogP contribution in [0.25, 0.3) is 10.9 Å². The molecular formula is C20H19F3N2O2. The Hall–Kier alpha value is -2.80. The summed E-state index contributed by atoms with van der Waals surface area (Å²) in [7, 11) is 0. The third-order valence-corrected chi connectivity index (χ3v) is 4.36. The van der Waals surface area contributed by atoms with E-state index in [4.69, 9.17) is 0 Å². The van der Waals surface area contributed by atoms with Gasteiger partial charge in [-0.25, -0.2) is 0 Å². The van der Waals surface area contributed by atoms with Gasteiger partial charge in [-0.05, 0) is 48.7 Å². The van der Waals surface area contributed by atoms with Crippen molar-refractivity contribution in [3.8, 4) is 0 Å². The number of aromatic amines is 1. The third kappa shape index (κ3) is 4.31. The minimum atomic E-state index is -4.47. The van der Waals surface area contributed by atoms with Crippen LogP contribution < -0.4 is 5.32 Å². The van der Waals surface area contributed by atoms with Crippen molar-refractivity contribution < 1.29 is 23.1 Å². The predicted molar refractivity (Wildman–Crippen MR) is 96.4 cm³/mol. The number of rotatable bonds is 5. The second kappa shape index (κ2) is 7.44. The molecule has 0 aliphatic rings. The molecular weight excluding hydrogens is 357 g/mol. The van der Waals surface area contributed by atoms with Crippen LogP contribution in [0.1, 0.15) is 39.6 Å². The molecule has 4 nitrogen and oxygen atoms in total. The average molecular weight is 376 g/mol. The molecule has 0 saturated carbocycles. The number of aliphatic hydroxyl groups excluding tert-OH is 1. The van der Waals surface area contributed by atoms with E-state index in [2.05, 4.69) is 10.3 Å². The fourth-order valence-corrected chi connectivity index (χ4v) is 2.98. The van der Waals surface area contributed by atoms with Gasteiger partial charge in [-0.2, -0.15) is 13.2 Å². The summed E-state index contributed by atoms with van der Waals surface area (Å²) in [4.78, 5) is 15.6. The van der Waals surface area contributed by atoms with Gasteiger partial charge in [-0.1, -0.05) is 24.3 Å². The van der Waals surface area contributed by atoms with Gasteiger partial charge in [0.2, 0.25) is 0 Å². The van der Waals surface area contributed by atoms with Crippen LogP contribution in [0.15, 0.2) is 48.5 Å². The smallest absolute Gasteiger partial charge is 0.396 e. The first-order chi connectivity index (χ1) is 12.8. The molecule has 0 aliphatic carbocycles. The summed E-state index contributed by atoms with van der Waals surface area (Å²) in [5, 5.41) is 12.8. The van der Waals surface area contributed by atoms with Gasteiger partial charge in [0.25, 0.3) is 5.91 Å². The van der Waals surface area contributed by atoms with Gasteiger partial charge >= 0.3 is 6.18 Å². The zero-order valence-corrected chi connectivity index (χ0v) is 14.6. The molecule has 7 heteroatoms.